The van der Waals surface area contributed by atoms with Crippen LogP contribution >= 0.6 is 11.3 Å². The zero-order chi connectivity index (χ0) is 11.7. The maximum atomic E-state index is 11.7. The van der Waals surface area contributed by atoms with Gasteiger partial charge in [0.25, 0.3) is 0 Å². The minimum absolute atomic E-state index is 0.0633. The van der Waals surface area contributed by atoms with Crippen LogP contribution in [0.5, 0.6) is 0 Å². The molecule has 0 radical (unpaired) electrons. The van der Waals surface area contributed by atoms with Crippen LogP contribution in [0.3, 0.4) is 0 Å². The van der Waals surface area contributed by atoms with Crippen LogP contribution in [0.15, 0.2) is 0 Å². The van der Waals surface area contributed by atoms with Crippen molar-refractivity contribution in [3.8, 4) is 0 Å². The molecule has 0 aliphatic carbocycles. The zero-order valence-electron chi connectivity index (χ0n) is 9.16. The summed E-state index contributed by atoms with van der Waals surface area (Å²) < 4.78 is 0. The Hall–Kier alpha value is -1.43. The van der Waals surface area contributed by atoms with Gasteiger partial charge in [0.2, 0.25) is 11.8 Å². The monoisotopic (exact) mass is 239 g/mol. The van der Waals surface area contributed by atoms with Crippen LogP contribution in [0.25, 0.3) is 0 Å². The van der Waals surface area contributed by atoms with Crippen LogP contribution in [0.4, 0.5) is 5.13 Å². The lowest BCUT2D eigenvalue weighted by Gasteiger charge is -2.05. The molecule has 0 aromatic carbocycles. The molecule has 2 rings (SSSR count). The van der Waals surface area contributed by atoms with Gasteiger partial charge in [-0.05, 0) is 13.8 Å². The van der Waals surface area contributed by atoms with Gasteiger partial charge in [0.15, 0.2) is 5.13 Å². The van der Waals surface area contributed by atoms with Crippen molar-refractivity contribution in [3.63, 3.8) is 0 Å². The van der Waals surface area contributed by atoms with Crippen molar-refractivity contribution in [3.05, 3.63) is 10.6 Å². The molecule has 1 aliphatic heterocycles. The van der Waals surface area contributed by atoms with E-state index < -0.39 is 0 Å². The lowest BCUT2D eigenvalue weighted by atomic mass is 10.1. The van der Waals surface area contributed by atoms with Crippen molar-refractivity contribution in [2.24, 2.45) is 5.92 Å². The highest BCUT2D eigenvalue weighted by Crippen LogP contribution is 2.22. The highest BCUT2D eigenvalue weighted by Gasteiger charge is 2.28. The molecule has 86 valence electrons. The summed E-state index contributed by atoms with van der Waals surface area (Å²) in [7, 11) is 0. The lowest BCUT2D eigenvalue weighted by Crippen LogP contribution is -2.24. The van der Waals surface area contributed by atoms with E-state index in [9.17, 15) is 9.59 Å². The summed E-state index contributed by atoms with van der Waals surface area (Å²) in [6, 6.07) is 0. The Morgan fingerprint density at radius 1 is 1.56 bits per heavy atom. The molecule has 0 saturated carbocycles. The number of amides is 2. The molecule has 1 saturated heterocycles. The first-order chi connectivity index (χ1) is 7.56. The van der Waals surface area contributed by atoms with E-state index >= 15 is 0 Å². The van der Waals surface area contributed by atoms with Crippen molar-refractivity contribution in [1.82, 2.24) is 10.3 Å². The number of aromatic nitrogens is 1. The highest BCUT2D eigenvalue weighted by atomic mass is 32.1. The minimum atomic E-state index is -0.267. The van der Waals surface area contributed by atoms with Crippen LogP contribution < -0.4 is 10.6 Å². The number of hydrogen-bond donors (Lipinski definition) is 2. The normalized spacial score (nSPS) is 19.6. The Labute approximate surface area is 97.3 Å². The molecule has 6 heteroatoms. The first kappa shape index (κ1) is 11.1. The van der Waals surface area contributed by atoms with E-state index in [-0.39, 0.29) is 24.2 Å². The fourth-order valence-electron chi connectivity index (χ4n) is 1.52. The average molecular weight is 239 g/mol. The SMILES string of the molecule is Cc1nc(NC(=O)C2CNC(=O)C2)sc1C. The Kier molecular flexibility index (Phi) is 2.91. The summed E-state index contributed by atoms with van der Waals surface area (Å²) in [5.41, 5.74) is 0.931. The molecular weight excluding hydrogens is 226 g/mol. The molecule has 1 unspecified atom stereocenters. The molecule has 0 bridgehead atoms. The predicted molar refractivity (Wildman–Crippen MR) is 61.3 cm³/mol. The van der Waals surface area contributed by atoms with E-state index in [1.807, 2.05) is 13.8 Å². The predicted octanol–water partition coefficient (Wildman–Crippen LogP) is 0.835. The number of thiazole rings is 1. The Morgan fingerprint density at radius 2 is 2.31 bits per heavy atom. The molecular formula is C10H13N3O2S. The molecule has 1 aromatic rings. The van der Waals surface area contributed by atoms with Crippen molar-refractivity contribution >= 4 is 28.3 Å². The lowest BCUT2D eigenvalue weighted by molar-refractivity contribution is -0.123. The largest absolute Gasteiger partial charge is 0.355 e. The zero-order valence-corrected chi connectivity index (χ0v) is 9.98. The molecule has 2 N–H and O–H groups in total. The summed E-state index contributed by atoms with van der Waals surface area (Å²) in [5.74, 6) is -0.462. The second-order valence-corrected chi connectivity index (χ2v) is 5.06. The van der Waals surface area contributed by atoms with Gasteiger partial charge in [0, 0.05) is 17.8 Å². The third kappa shape index (κ3) is 2.21. The summed E-state index contributed by atoms with van der Waals surface area (Å²) in [4.78, 5) is 28.0. The standard InChI is InChI=1S/C10H13N3O2S/c1-5-6(2)16-10(12-5)13-9(15)7-3-8(14)11-4-7/h7H,3-4H2,1-2H3,(H,11,14)(H,12,13,15). The van der Waals surface area contributed by atoms with Gasteiger partial charge in [-0.25, -0.2) is 4.98 Å². The van der Waals surface area contributed by atoms with Gasteiger partial charge in [0.1, 0.15) is 0 Å². The van der Waals surface area contributed by atoms with Crippen molar-refractivity contribution in [2.75, 3.05) is 11.9 Å². The quantitative estimate of drug-likeness (QED) is 0.803. The van der Waals surface area contributed by atoms with Crippen LogP contribution in [-0.4, -0.2) is 23.3 Å². The first-order valence-corrected chi connectivity index (χ1v) is 5.89. The number of nitrogens with zero attached hydrogens (tertiary/aromatic N) is 1. The number of carbonyl (C=O) groups is 2. The van der Waals surface area contributed by atoms with Gasteiger partial charge in [-0.2, -0.15) is 0 Å². The molecule has 2 amide bonds. The molecule has 1 fully saturated rings. The molecule has 2 heterocycles. The maximum Gasteiger partial charge on any atom is 0.231 e. The van der Waals surface area contributed by atoms with Gasteiger partial charge < -0.3 is 10.6 Å². The number of anilines is 1. The van der Waals surface area contributed by atoms with Crippen molar-refractivity contribution in [2.45, 2.75) is 20.3 Å². The third-order valence-corrected chi connectivity index (χ3v) is 3.60. The van der Waals surface area contributed by atoms with E-state index in [0.717, 1.165) is 10.6 Å². The van der Waals surface area contributed by atoms with Crippen LogP contribution in [-0.2, 0) is 9.59 Å². The van der Waals surface area contributed by atoms with E-state index in [1.54, 1.807) is 0 Å². The number of aryl methyl sites for hydroxylation is 2. The number of carbonyl (C=O) groups excluding carboxylic acids is 2. The van der Waals surface area contributed by atoms with E-state index in [2.05, 4.69) is 15.6 Å². The molecule has 16 heavy (non-hydrogen) atoms. The highest BCUT2D eigenvalue weighted by molar-refractivity contribution is 7.15. The second kappa shape index (κ2) is 4.21. The first-order valence-electron chi connectivity index (χ1n) is 5.08. The molecule has 1 aliphatic rings. The van der Waals surface area contributed by atoms with Crippen LogP contribution in [0.1, 0.15) is 17.0 Å². The molecule has 1 aromatic heterocycles. The number of nitrogens with one attached hydrogen (secondary N) is 2. The van der Waals surface area contributed by atoms with Gasteiger partial charge in [-0.1, -0.05) is 0 Å². The number of hydrogen-bond acceptors (Lipinski definition) is 4. The Balaban J connectivity index is 1.99. The fourth-order valence-corrected chi connectivity index (χ4v) is 2.34. The smallest absolute Gasteiger partial charge is 0.231 e. The fraction of sp³-hybridized carbons (Fsp3) is 0.500. The van der Waals surface area contributed by atoms with Gasteiger partial charge in [-0.3, -0.25) is 9.59 Å². The molecule has 0 spiro atoms. The molecule has 5 nitrogen and oxygen atoms in total. The second-order valence-electron chi connectivity index (χ2n) is 3.85. The summed E-state index contributed by atoms with van der Waals surface area (Å²) in [6.45, 7) is 4.29. The van der Waals surface area contributed by atoms with Crippen LogP contribution in [0.2, 0.25) is 0 Å². The summed E-state index contributed by atoms with van der Waals surface area (Å²) >= 11 is 1.45. The van der Waals surface area contributed by atoms with E-state index in [4.69, 9.17) is 0 Å². The van der Waals surface area contributed by atoms with Crippen LogP contribution in [0, 0.1) is 19.8 Å². The maximum absolute atomic E-state index is 11.7. The minimum Gasteiger partial charge on any atom is -0.355 e. The summed E-state index contributed by atoms with van der Waals surface area (Å²) in [6.07, 6.45) is 0.273. The van der Waals surface area contributed by atoms with Crippen molar-refractivity contribution < 1.29 is 9.59 Å². The number of rotatable bonds is 2. The molecule has 1 atom stereocenters. The topological polar surface area (TPSA) is 71.1 Å². The van der Waals surface area contributed by atoms with Gasteiger partial charge in [0.05, 0.1) is 11.6 Å². The summed E-state index contributed by atoms with van der Waals surface area (Å²) in [5, 5.41) is 5.99. The van der Waals surface area contributed by atoms with E-state index in [1.165, 1.54) is 11.3 Å². The third-order valence-electron chi connectivity index (χ3n) is 2.61. The Morgan fingerprint density at radius 3 is 2.81 bits per heavy atom. The Bertz CT molecular complexity index is 422. The average Bonchev–Trinajstić information content (AvgIpc) is 2.75. The van der Waals surface area contributed by atoms with Gasteiger partial charge in [-0.15, -0.1) is 11.3 Å². The van der Waals surface area contributed by atoms with Crippen molar-refractivity contribution in [1.29, 1.82) is 0 Å². The van der Waals surface area contributed by atoms with Gasteiger partial charge >= 0.3 is 0 Å². The van der Waals surface area contributed by atoms with E-state index in [0.29, 0.717) is 11.7 Å².